The van der Waals surface area contributed by atoms with Gasteiger partial charge in [-0.2, -0.15) is 0 Å². The average Bonchev–Trinajstić information content (AvgIpc) is 2.55. The quantitative estimate of drug-likeness (QED) is 0.626. The molecule has 1 unspecified atom stereocenters. The Labute approximate surface area is 131 Å². The van der Waals surface area contributed by atoms with Crippen LogP contribution in [0, 0.1) is 0 Å². The maximum absolute atomic E-state index is 12.8. The maximum atomic E-state index is 12.8. The molecule has 8 heteroatoms. The molecule has 0 fully saturated rings. The molecule has 0 aliphatic carbocycles. The van der Waals surface area contributed by atoms with Gasteiger partial charge >= 0.3 is 7.60 Å². The van der Waals surface area contributed by atoms with Gasteiger partial charge < -0.3 is 18.1 Å². The van der Waals surface area contributed by atoms with E-state index in [9.17, 15) is 4.57 Å². The van der Waals surface area contributed by atoms with E-state index in [0.29, 0.717) is 12.8 Å². The van der Waals surface area contributed by atoms with Crippen molar-refractivity contribution in [1.29, 1.82) is 0 Å². The molecule has 0 aromatic heterocycles. The van der Waals surface area contributed by atoms with Crippen molar-refractivity contribution in [3.8, 4) is 0 Å². The zero-order valence-corrected chi connectivity index (χ0v) is 15.3. The minimum atomic E-state index is -3.39. The summed E-state index contributed by atoms with van der Waals surface area (Å²) in [5.41, 5.74) is 1.12. The fourth-order valence-electron chi connectivity index (χ4n) is 2.07. The highest BCUT2D eigenvalue weighted by atomic mass is 32.5. The van der Waals surface area contributed by atoms with E-state index in [0.717, 1.165) is 5.56 Å². The Morgan fingerprint density at radius 2 is 1.52 bits per heavy atom. The second-order valence-corrected chi connectivity index (χ2v) is 11.1. The van der Waals surface area contributed by atoms with E-state index in [1.807, 2.05) is 30.3 Å². The molecule has 0 saturated heterocycles. The van der Waals surface area contributed by atoms with Gasteiger partial charge in [0, 0.05) is 28.4 Å². The van der Waals surface area contributed by atoms with Crippen LogP contribution in [0.2, 0.25) is 0 Å². The van der Waals surface area contributed by atoms with Crippen LogP contribution in [0.4, 0.5) is 0 Å². The highest BCUT2D eigenvalue weighted by Crippen LogP contribution is 2.70. The third-order valence-corrected chi connectivity index (χ3v) is 11.2. The first-order valence-corrected chi connectivity index (χ1v) is 10.7. The van der Waals surface area contributed by atoms with Crippen molar-refractivity contribution in [2.24, 2.45) is 0 Å². The highest BCUT2D eigenvalue weighted by molar-refractivity contribution is 8.12. The third kappa shape index (κ3) is 4.70. The van der Waals surface area contributed by atoms with Gasteiger partial charge in [0.25, 0.3) is 0 Å². The van der Waals surface area contributed by atoms with Crippen LogP contribution in [0.5, 0.6) is 0 Å². The van der Waals surface area contributed by atoms with Crippen LogP contribution in [0.1, 0.15) is 12.0 Å². The minimum absolute atomic E-state index is 0.502. The van der Waals surface area contributed by atoms with Crippen LogP contribution >= 0.6 is 14.1 Å². The smallest absolute Gasteiger partial charge is 0.332 e. The average molecular weight is 352 g/mol. The van der Waals surface area contributed by atoms with Crippen molar-refractivity contribution in [3.05, 3.63) is 35.9 Å². The Morgan fingerprint density at radius 3 is 1.95 bits per heavy atom. The summed E-state index contributed by atoms with van der Waals surface area (Å²) in [6, 6.07) is 9.87. The summed E-state index contributed by atoms with van der Waals surface area (Å²) in [4.78, 5) is 0. The molecule has 0 N–H and O–H groups in total. The third-order valence-electron chi connectivity index (χ3n) is 3.28. The van der Waals surface area contributed by atoms with Crippen molar-refractivity contribution in [2.45, 2.75) is 18.2 Å². The first-order valence-electron chi connectivity index (χ1n) is 6.42. The molecular weight excluding hydrogens is 330 g/mol. The van der Waals surface area contributed by atoms with Gasteiger partial charge in [0.2, 0.25) is 6.49 Å². The molecule has 5 nitrogen and oxygen atoms in total. The second-order valence-electron chi connectivity index (χ2n) is 4.31. The zero-order valence-electron chi connectivity index (χ0n) is 12.7. The largest absolute Gasteiger partial charge is 0.342 e. The number of hydrogen-bond donors (Lipinski definition) is 0. The van der Waals surface area contributed by atoms with Gasteiger partial charge in [-0.15, -0.1) is 0 Å². The molecule has 0 radical (unpaired) electrons. The van der Waals surface area contributed by atoms with E-state index >= 15 is 0 Å². The highest BCUT2D eigenvalue weighted by Gasteiger charge is 2.45. The van der Waals surface area contributed by atoms with Crippen LogP contribution in [0.15, 0.2) is 30.3 Å². The van der Waals surface area contributed by atoms with Gasteiger partial charge in [-0.3, -0.25) is 4.57 Å². The van der Waals surface area contributed by atoms with E-state index < -0.39 is 19.5 Å². The minimum Gasteiger partial charge on any atom is -0.332 e. The Kier molecular flexibility index (Phi) is 7.72. The SMILES string of the molecule is COP(=O)(OC)C(CCc1ccccc1)P(=S)(OC)OC. The van der Waals surface area contributed by atoms with Gasteiger partial charge in [-0.25, -0.2) is 0 Å². The van der Waals surface area contributed by atoms with Crippen LogP contribution < -0.4 is 0 Å². The molecule has 1 aromatic carbocycles. The molecule has 1 atom stereocenters. The van der Waals surface area contributed by atoms with Gasteiger partial charge in [0.05, 0.1) is 0 Å². The molecule has 0 heterocycles. The number of hydrogen-bond acceptors (Lipinski definition) is 6. The molecule has 1 rings (SSSR count). The Morgan fingerprint density at radius 1 is 1.00 bits per heavy atom. The monoisotopic (exact) mass is 352 g/mol. The van der Waals surface area contributed by atoms with Crippen molar-refractivity contribution in [2.75, 3.05) is 28.4 Å². The van der Waals surface area contributed by atoms with Crippen molar-refractivity contribution in [1.82, 2.24) is 0 Å². The first-order chi connectivity index (χ1) is 9.95. The molecule has 21 heavy (non-hydrogen) atoms. The zero-order chi connectivity index (χ0) is 15.9. The van der Waals surface area contributed by atoms with E-state index in [1.165, 1.54) is 28.4 Å². The molecule has 0 aliphatic rings. The van der Waals surface area contributed by atoms with Crippen molar-refractivity contribution < 1.29 is 22.7 Å². The Balaban J connectivity index is 3.03. The number of benzene rings is 1. The lowest BCUT2D eigenvalue weighted by Crippen LogP contribution is -2.15. The fraction of sp³-hybridized carbons (Fsp3) is 0.538. The summed E-state index contributed by atoms with van der Waals surface area (Å²) in [7, 11) is 2.25. The Hall–Kier alpha value is -0.0600. The topological polar surface area (TPSA) is 54.0 Å². The summed E-state index contributed by atoms with van der Waals surface area (Å²) in [5, 5.41) is -0.606. The van der Waals surface area contributed by atoms with E-state index in [2.05, 4.69) is 0 Å². The summed E-state index contributed by atoms with van der Waals surface area (Å²) in [5.74, 6) is 0. The molecule has 0 amide bonds. The maximum Gasteiger partial charge on any atom is 0.342 e. The van der Waals surface area contributed by atoms with Gasteiger partial charge in [-0.1, -0.05) is 30.3 Å². The lowest BCUT2D eigenvalue weighted by atomic mass is 10.1. The molecule has 1 aromatic rings. The van der Waals surface area contributed by atoms with Gasteiger partial charge in [0.1, 0.15) is 5.40 Å². The van der Waals surface area contributed by atoms with Crippen LogP contribution in [0.25, 0.3) is 0 Å². The number of aryl methyl sites for hydroxylation is 1. The van der Waals surface area contributed by atoms with Crippen LogP contribution in [0.3, 0.4) is 0 Å². The molecular formula is C13H22O5P2S. The molecule has 0 bridgehead atoms. The second kappa shape index (κ2) is 8.54. The summed E-state index contributed by atoms with van der Waals surface area (Å²) in [6.45, 7) is -2.76. The predicted molar refractivity (Wildman–Crippen MR) is 88.5 cm³/mol. The van der Waals surface area contributed by atoms with E-state index in [-0.39, 0.29) is 0 Å². The fourth-order valence-corrected chi connectivity index (χ4v) is 8.10. The molecule has 0 spiro atoms. The van der Waals surface area contributed by atoms with Gasteiger partial charge in [-0.05, 0) is 30.2 Å². The van der Waals surface area contributed by atoms with Crippen LogP contribution in [-0.2, 0) is 40.9 Å². The normalized spacial score (nSPS) is 14.1. The lowest BCUT2D eigenvalue weighted by molar-refractivity contribution is 0.263. The number of rotatable bonds is 9. The summed E-state index contributed by atoms with van der Waals surface area (Å²) >= 11 is 5.46. The van der Waals surface area contributed by atoms with E-state index in [4.69, 9.17) is 29.9 Å². The van der Waals surface area contributed by atoms with Crippen molar-refractivity contribution >= 4 is 25.9 Å². The van der Waals surface area contributed by atoms with E-state index in [1.54, 1.807) is 0 Å². The molecule has 120 valence electrons. The standard InChI is InChI=1S/C13H22O5P2S/c1-15-19(14,16-2)13(20(21,17-3)18-4)11-10-12-8-6-5-7-9-12/h5-9,13H,10-11H2,1-4H3. The summed E-state index contributed by atoms with van der Waals surface area (Å²) in [6.07, 6.45) is 1.19. The van der Waals surface area contributed by atoms with Gasteiger partial charge in [0.15, 0.2) is 0 Å². The predicted octanol–water partition coefficient (Wildman–Crippen LogP) is 4.03. The Bertz CT molecular complexity index is 481. The van der Waals surface area contributed by atoms with Crippen molar-refractivity contribution in [3.63, 3.8) is 0 Å². The molecule has 0 aliphatic heterocycles. The first kappa shape index (κ1) is 19.0. The lowest BCUT2D eigenvalue weighted by Gasteiger charge is -2.31. The molecule has 0 saturated carbocycles. The summed E-state index contributed by atoms with van der Waals surface area (Å²) < 4.78 is 33.8. The van der Waals surface area contributed by atoms with Crippen LogP contribution in [-0.4, -0.2) is 33.8 Å².